The van der Waals surface area contributed by atoms with Crippen LogP contribution >= 0.6 is 0 Å². The van der Waals surface area contributed by atoms with Gasteiger partial charge >= 0.3 is 12.2 Å². The van der Waals surface area contributed by atoms with Crippen molar-refractivity contribution in [2.45, 2.75) is 24.4 Å². The molecule has 0 saturated heterocycles. The molecule has 0 atom stereocenters. The van der Waals surface area contributed by atoms with Gasteiger partial charge in [0.2, 0.25) is 0 Å². The van der Waals surface area contributed by atoms with Crippen molar-refractivity contribution in [3.05, 3.63) is 101 Å². The van der Waals surface area contributed by atoms with Crippen molar-refractivity contribution in [2.24, 2.45) is 0 Å². The third kappa shape index (κ3) is 6.25. The molecule has 1 aromatic heterocycles. The Labute approximate surface area is 220 Å². The fourth-order valence-electron chi connectivity index (χ4n) is 3.96. The van der Waals surface area contributed by atoms with Gasteiger partial charge in [0.15, 0.2) is 5.69 Å². The first-order valence-electron chi connectivity index (χ1n) is 11.4. The summed E-state index contributed by atoms with van der Waals surface area (Å²) in [6.07, 6.45) is -4.47. The number of nitrogens with zero attached hydrogens (tertiary/aromatic N) is 2. The lowest BCUT2D eigenvalue weighted by Gasteiger charge is -2.13. The van der Waals surface area contributed by atoms with E-state index in [-0.39, 0.29) is 29.9 Å². The van der Waals surface area contributed by atoms with Crippen molar-refractivity contribution in [1.82, 2.24) is 19.8 Å². The summed E-state index contributed by atoms with van der Waals surface area (Å²) in [5, 5.41) is 6.44. The van der Waals surface area contributed by atoms with Crippen molar-refractivity contribution >= 4 is 16.1 Å². The van der Waals surface area contributed by atoms with Crippen molar-refractivity contribution in [3.63, 3.8) is 0 Å². The maximum atomic E-state index is 14.1. The molecule has 7 nitrogen and oxygen atoms in total. The third-order valence-electron chi connectivity index (χ3n) is 5.68. The van der Waals surface area contributed by atoms with E-state index in [1.165, 1.54) is 19.1 Å². The number of carbonyl (C=O) groups is 1. The zero-order valence-corrected chi connectivity index (χ0v) is 21.1. The first-order chi connectivity index (χ1) is 18.4. The molecule has 2 N–H and O–H groups in total. The fraction of sp³-hybridized carbons (Fsp3) is 0.154. The average Bonchev–Trinajstić information content (AvgIpc) is 3.22. The molecule has 0 radical (unpaired) electrons. The molecule has 0 unspecified atom stereocenters. The Balaban J connectivity index is 1.44. The maximum absolute atomic E-state index is 14.1. The summed E-state index contributed by atoms with van der Waals surface area (Å²) in [5.74, 6) is -2.33. The predicted molar refractivity (Wildman–Crippen MR) is 133 cm³/mol. The van der Waals surface area contributed by atoms with Gasteiger partial charge in [0, 0.05) is 18.2 Å². The largest absolute Gasteiger partial charge is 0.434 e. The van der Waals surface area contributed by atoms with Crippen LogP contribution in [0.15, 0.2) is 77.7 Å². The van der Waals surface area contributed by atoms with E-state index in [9.17, 15) is 35.2 Å². The molecule has 13 heteroatoms. The SMILES string of the molecule is Cc1nn(-c2ccc(CCNC(=O)NS(=O)(=O)c3ccc(F)cc3F)cc2)c(C(F)(F)F)c1-c1ccccc1. The summed E-state index contributed by atoms with van der Waals surface area (Å²) in [5.41, 5.74) is 0.484. The van der Waals surface area contributed by atoms with Gasteiger partial charge in [0.05, 0.1) is 11.4 Å². The van der Waals surface area contributed by atoms with Crippen molar-refractivity contribution in [1.29, 1.82) is 0 Å². The van der Waals surface area contributed by atoms with E-state index in [4.69, 9.17) is 0 Å². The number of aromatic nitrogens is 2. The Morgan fingerprint density at radius 2 is 1.64 bits per heavy atom. The molecule has 2 amide bonds. The topological polar surface area (TPSA) is 93.1 Å². The number of nitrogens with one attached hydrogen (secondary N) is 2. The Morgan fingerprint density at radius 3 is 2.26 bits per heavy atom. The standard InChI is InChI=1S/C26H21F5N4O3S/c1-16-23(18-5-3-2-4-6-18)24(26(29,30)31)35(33-16)20-10-7-17(8-11-20)13-14-32-25(36)34-39(37,38)22-12-9-19(27)15-21(22)28/h2-12,15H,13-14H2,1H3,(H2,32,34,36). The quantitative estimate of drug-likeness (QED) is 0.295. The molecule has 39 heavy (non-hydrogen) atoms. The van der Waals surface area contributed by atoms with Crippen LogP contribution < -0.4 is 10.0 Å². The molecule has 0 aliphatic carbocycles. The first kappa shape index (κ1) is 27.8. The minimum atomic E-state index is -4.68. The normalized spacial score (nSPS) is 11.8. The van der Waals surface area contributed by atoms with E-state index in [0.717, 1.165) is 10.7 Å². The number of aryl methyl sites for hydroxylation is 1. The minimum Gasteiger partial charge on any atom is -0.337 e. The molecule has 0 bridgehead atoms. The molecular formula is C26H21F5N4O3S. The van der Waals surface area contributed by atoms with E-state index in [1.807, 2.05) is 0 Å². The lowest BCUT2D eigenvalue weighted by atomic mass is 10.0. The minimum absolute atomic E-state index is 0.0159. The number of alkyl halides is 3. The molecule has 0 spiro atoms. The van der Waals surface area contributed by atoms with Gasteiger partial charge in [-0.3, -0.25) is 0 Å². The second-order valence-corrected chi connectivity index (χ2v) is 10.1. The van der Waals surface area contributed by atoms with Crippen LogP contribution in [0, 0.1) is 18.6 Å². The van der Waals surface area contributed by atoms with Crippen LogP contribution in [-0.4, -0.2) is 30.8 Å². The van der Waals surface area contributed by atoms with Crippen LogP contribution in [-0.2, 0) is 22.6 Å². The van der Waals surface area contributed by atoms with Crippen LogP contribution in [0.4, 0.5) is 26.7 Å². The molecule has 1 heterocycles. The number of urea groups is 1. The second kappa shape index (κ2) is 10.8. The van der Waals surface area contributed by atoms with Gasteiger partial charge in [0.1, 0.15) is 16.5 Å². The monoisotopic (exact) mass is 564 g/mol. The summed E-state index contributed by atoms with van der Waals surface area (Å²) in [6.45, 7) is 1.46. The van der Waals surface area contributed by atoms with Crippen molar-refractivity contribution in [3.8, 4) is 16.8 Å². The van der Waals surface area contributed by atoms with E-state index in [2.05, 4.69) is 10.4 Å². The van der Waals surface area contributed by atoms with E-state index < -0.39 is 44.5 Å². The lowest BCUT2D eigenvalue weighted by molar-refractivity contribution is -0.142. The Bertz CT molecular complexity index is 1600. The van der Waals surface area contributed by atoms with Gasteiger partial charge in [-0.25, -0.2) is 31.4 Å². The van der Waals surface area contributed by atoms with E-state index in [0.29, 0.717) is 23.3 Å². The van der Waals surface area contributed by atoms with Crippen LogP contribution in [0.25, 0.3) is 16.8 Å². The molecule has 0 aliphatic rings. The highest BCUT2D eigenvalue weighted by Crippen LogP contribution is 2.40. The van der Waals surface area contributed by atoms with Crippen LogP contribution in [0.2, 0.25) is 0 Å². The Morgan fingerprint density at radius 1 is 0.974 bits per heavy atom. The van der Waals surface area contributed by atoms with Crippen LogP contribution in [0.1, 0.15) is 17.0 Å². The first-order valence-corrected chi connectivity index (χ1v) is 12.9. The highest BCUT2D eigenvalue weighted by Gasteiger charge is 2.40. The summed E-state index contributed by atoms with van der Waals surface area (Å²) < 4.78 is 95.9. The number of carbonyl (C=O) groups excluding carboxylic acids is 1. The van der Waals surface area contributed by atoms with Gasteiger partial charge in [-0.1, -0.05) is 42.5 Å². The van der Waals surface area contributed by atoms with E-state index >= 15 is 0 Å². The molecule has 204 valence electrons. The third-order valence-corrected chi connectivity index (χ3v) is 7.05. The molecule has 3 aromatic carbocycles. The summed E-state index contributed by atoms with van der Waals surface area (Å²) in [7, 11) is -4.58. The highest BCUT2D eigenvalue weighted by atomic mass is 32.2. The number of rotatable bonds is 7. The van der Waals surface area contributed by atoms with Gasteiger partial charge in [0.25, 0.3) is 10.0 Å². The average molecular weight is 565 g/mol. The molecule has 0 aliphatic heterocycles. The number of amides is 2. The Hall–Kier alpha value is -4.26. The molecular weight excluding hydrogens is 543 g/mol. The van der Waals surface area contributed by atoms with Gasteiger partial charge in [-0.2, -0.15) is 18.3 Å². The second-order valence-electron chi connectivity index (χ2n) is 8.44. The van der Waals surface area contributed by atoms with Crippen LogP contribution in [0.3, 0.4) is 0 Å². The zero-order valence-electron chi connectivity index (χ0n) is 20.3. The fourth-order valence-corrected chi connectivity index (χ4v) is 4.95. The number of hydrogen-bond acceptors (Lipinski definition) is 4. The summed E-state index contributed by atoms with van der Waals surface area (Å²) in [4.78, 5) is 11.1. The summed E-state index contributed by atoms with van der Waals surface area (Å²) in [6, 6.07) is 14.8. The number of benzene rings is 3. The number of sulfonamides is 1. The molecule has 4 aromatic rings. The van der Waals surface area contributed by atoms with Crippen LogP contribution in [0.5, 0.6) is 0 Å². The lowest BCUT2D eigenvalue weighted by Crippen LogP contribution is -2.40. The smallest absolute Gasteiger partial charge is 0.337 e. The van der Waals surface area contributed by atoms with Gasteiger partial charge in [-0.15, -0.1) is 0 Å². The predicted octanol–water partition coefficient (Wildman–Crippen LogP) is 5.38. The zero-order chi connectivity index (χ0) is 28.4. The molecule has 0 fully saturated rings. The summed E-state index contributed by atoms with van der Waals surface area (Å²) >= 11 is 0. The Kier molecular flexibility index (Phi) is 7.72. The highest BCUT2D eigenvalue weighted by molar-refractivity contribution is 7.90. The molecule has 4 rings (SSSR count). The van der Waals surface area contributed by atoms with Crippen molar-refractivity contribution in [2.75, 3.05) is 6.54 Å². The van der Waals surface area contributed by atoms with Crippen molar-refractivity contribution < 1.29 is 35.2 Å². The van der Waals surface area contributed by atoms with Gasteiger partial charge in [-0.05, 0) is 48.7 Å². The number of hydrogen-bond donors (Lipinski definition) is 2. The maximum Gasteiger partial charge on any atom is 0.434 e. The molecule has 0 saturated carbocycles. The number of halogens is 5. The van der Waals surface area contributed by atoms with Gasteiger partial charge < -0.3 is 5.32 Å². The van der Waals surface area contributed by atoms with E-state index in [1.54, 1.807) is 47.2 Å².